The molecule has 5 aromatic rings. The molecule has 332 valence electrons. The van der Waals surface area contributed by atoms with Crippen molar-refractivity contribution in [2.75, 3.05) is 9.80 Å². The molecule has 5 aliphatic heterocycles. The highest BCUT2D eigenvalue weighted by molar-refractivity contribution is 8.18. The number of allylic oxidation sites excluding steroid dienone is 2. The Labute approximate surface area is 395 Å². The van der Waals surface area contributed by atoms with Gasteiger partial charge < -0.3 is 15.2 Å². The molecule has 4 aliphatic carbocycles. The molecule has 66 heavy (non-hydrogen) atoms. The fraction of sp³-hybridized carbons (Fsp3) is 0.333. The number of para-hydroxylation sites is 2. The highest BCUT2D eigenvalue weighted by Gasteiger charge is 2.71. The number of thiazole rings is 1. The molecule has 9 aliphatic rings. The quantitative estimate of drug-likeness (QED) is 0.148. The van der Waals surface area contributed by atoms with Gasteiger partial charge in [0.2, 0.25) is 23.6 Å². The van der Waals surface area contributed by atoms with Gasteiger partial charge in [0.25, 0.3) is 0 Å². The van der Waals surface area contributed by atoms with E-state index in [1.54, 1.807) is 47.8 Å². The van der Waals surface area contributed by atoms with E-state index in [0.29, 0.717) is 17.8 Å². The van der Waals surface area contributed by atoms with Crippen molar-refractivity contribution in [3.05, 3.63) is 145 Å². The maximum atomic E-state index is 13.6. The van der Waals surface area contributed by atoms with Crippen molar-refractivity contribution >= 4 is 86.7 Å². The van der Waals surface area contributed by atoms with E-state index in [4.69, 9.17) is 0 Å². The summed E-state index contributed by atoms with van der Waals surface area (Å²) in [4.78, 5) is 88.0. The molecule has 14 atom stereocenters. The molecule has 4 bridgehead atoms. The van der Waals surface area contributed by atoms with Crippen LogP contribution in [0, 0.1) is 59.2 Å². The number of aromatic hydroxyl groups is 2. The first-order valence-corrected chi connectivity index (χ1v) is 25.9. The summed E-state index contributed by atoms with van der Waals surface area (Å²) in [5, 5.41) is 21.1. The number of phenols is 2. The van der Waals surface area contributed by atoms with E-state index < -0.39 is 0 Å². The van der Waals surface area contributed by atoms with Crippen LogP contribution in [0.1, 0.15) is 47.1 Å². The predicted octanol–water partition coefficient (Wildman–Crippen LogP) is 8.36. The van der Waals surface area contributed by atoms with E-state index in [-0.39, 0.29) is 127 Å². The number of anilines is 2. The second-order valence-corrected chi connectivity index (χ2v) is 23.6. The Morgan fingerprint density at radius 1 is 0.530 bits per heavy atom. The average Bonchev–Trinajstić information content (AvgIpc) is 4.21. The molecule has 4 amide bonds. The van der Waals surface area contributed by atoms with E-state index in [0.717, 1.165) is 43.7 Å². The van der Waals surface area contributed by atoms with Crippen LogP contribution in [-0.4, -0.2) is 54.4 Å². The molecule has 11 nitrogen and oxygen atoms in total. The van der Waals surface area contributed by atoms with Crippen LogP contribution in [0.4, 0.5) is 11.4 Å². The Morgan fingerprint density at radius 3 is 1.50 bits per heavy atom. The summed E-state index contributed by atoms with van der Waals surface area (Å²) in [7, 11) is 0. The molecule has 15 heteroatoms. The number of hydrogen-bond donors (Lipinski definition) is 3. The first-order valence-electron chi connectivity index (χ1n) is 22.5. The predicted molar refractivity (Wildman–Crippen MR) is 253 cm³/mol. The summed E-state index contributed by atoms with van der Waals surface area (Å²) in [5.41, 5.74) is 3.43. The van der Waals surface area contributed by atoms with Crippen LogP contribution < -0.4 is 14.7 Å². The zero-order valence-corrected chi connectivity index (χ0v) is 38.2. The van der Waals surface area contributed by atoms with Crippen LogP contribution in [0.2, 0.25) is 0 Å². The molecular formula is C51H41N3O8S4. The number of phenolic OH excluding ortho intramolecular Hbond substituents is 2. The molecule has 0 unspecified atom stereocenters. The molecule has 6 fully saturated rings. The fourth-order valence-corrected chi connectivity index (χ4v) is 20.1. The smallest absolute Gasteiger partial charge is 0.305 e. The number of nitrogens with one attached hydrogen (secondary N) is 1. The minimum Gasteiger partial charge on any atom is -0.508 e. The number of carbonyl (C=O) groups excluding carboxylic acids is 5. The van der Waals surface area contributed by atoms with Crippen LogP contribution >= 0.6 is 46.6 Å². The number of fused-ring (bicyclic) bond motifs is 17. The number of aromatic amines is 1. The van der Waals surface area contributed by atoms with Gasteiger partial charge in [-0.1, -0.05) is 83.8 Å². The van der Waals surface area contributed by atoms with Crippen molar-refractivity contribution < 1.29 is 34.2 Å². The summed E-state index contributed by atoms with van der Waals surface area (Å²) in [6, 6.07) is 33.0. The number of nitrogens with zero attached hydrogens (tertiary/aromatic N) is 2. The van der Waals surface area contributed by atoms with Crippen molar-refractivity contribution in [3.63, 3.8) is 0 Å². The van der Waals surface area contributed by atoms with Crippen molar-refractivity contribution in [3.8, 4) is 11.5 Å². The number of benzene rings is 4. The maximum Gasteiger partial charge on any atom is 0.305 e. The second-order valence-electron chi connectivity index (χ2n) is 19.0. The normalized spacial score (nSPS) is 35.1. The number of carbonyl (C=O) groups is 5. The Morgan fingerprint density at radius 2 is 0.985 bits per heavy atom. The zero-order valence-electron chi connectivity index (χ0n) is 35.0. The van der Waals surface area contributed by atoms with Crippen LogP contribution in [0.25, 0.3) is 0 Å². The number of amides is 4. The molecule has 0 spiro atoms. The number of thioether (sulfide) groups is 3. The molecule has 0 radical (unpaired) electrons. The van der Waals surface area contributed by atoms with Gasteiger partial charge in [0.1, 0.15) is 11.5 Å². The van der Waals surface area contributed by atoms with Crippen LogP contribution in [0.3, 0.4) is 0 Å². The van der Waals surface area contributed by atoms with E-state index in [2.05, 4.69) is 4.98 Å². The number of H-pyrrole nitrogens is 1. The second kappa shape index (κ2) is 15.1. The standard InChI is InChI=1S/C26H21NO4S2.C25H20N2O4S2/c28-14-8-6-12(7-9-14)19-20-15-10-16(23(20)32-17-11-18(29)33-24(17)19)22-21(15)25(30)27(26(22)31)13-4-2-1-3-5-13;28-13-8-6-11(7-9-13)16-17-14-10-15(20(17)32-22-21(16)33-25(31)26-22)19-18(14)23(29)27(24(19)30)12-4-2-1-3-5-12/h1-9,15-16,19-23,28H,10-11H2;1-9,14-20,28H,10H2,(H,26,31)/t15-,16-,19-,20-,21+,22-,23-;14-,15-,16-,17-,18+,19-,20-/m10/s1. The monoisotopic (exact) mass is 951 g/mol. The third-order valence-electron chi connectivity index (χ3n) is 16.2. The Bertz CT molecular complexity index is 2990. The van der Waals surface area contributed by atoms with Crippen LogP contribution in [0.5, 0.6) is 11.5 Å². The molecule has 1 aromatic heterocycles. The molecular weight excluding hydrogens is 911 g/mol. The number of imide groups is 2. The third-order valence-corrected chi connectivity index (χ3v) is 21.6. The van der Waals surface area contributed by atoms with Crippen molar-refractivity contribution in [1.29, 1.82) is 0 Å². The molecule has 4 saturated carbocycles. The number of aromatic nitrogens is 1. The number of rotatable bonds is 4. The largest absolute Gasteiger partial charge is 0.508 e. The molecule has 2 saturated heterocycles. The van der Waals surface area contributed by atoms with E-state index in [9.17, 15) is 39.0 Å². The first-order chi connectivity index (χ1) is 32.0. The lowest BCUT2D eigenvalue weighted by Gasteiger charge is -2.44. The van der Waals surface area contributed by atoms with Crippen molar-refractivity contribution in [2.45, 2.75) is 46.6 Å². The Balaban J connectivity index is 0.000000132. The summed E-state index contributed by atoms with van der Waals surface area (Å²) in [5.74, 6) is -0.155. The summed E-state index contributed by atoms with van der Waals surface area (Å²) < 4.78 is 0. The van der Waals surface area contributed by atoms with Crippen LogP contribution in [0.15, 0.2) is 129 Å². The third kappa shape index (κ3) is 5.84. The zero-order chi connectivity index (χ0) is 44.9. The summed E-state index contributed by atoms with van der Waals surface area (Å²) in [6.45, 7) is 0. The van der Waals surface area contributed by atoms with Gasteiger partial charge in [-0.3, -0.25) is 38.6 Å². The fourth-order valence-electron chi connectivity index (χ4n) is 14.0. The molecule has 3 N–H and O–H groups in total. The molecule has 14 rings (SSSR count). The first kappa shape index (κ1) is 40.9. The highest BCUT2D eigenvalue weighted by atomic mass is 32.2. The Kier molecular flexibility index (Phi) is 9.34. The van der Waals surface area contributed by atoms with Crippen molar-refractivity contribution in [1.82, 2.24) is 4.98 Å². The van der Waals surface area contributed by atoms with Crippen molar-refractivity contribution in [2.24, 2.45) is 59.2 Å². The van der Waals surface area contributed by atoms with Gasteiger partial charge in [-0.2, -0.15) is 0 Å². The lowest BCUT2D eigenvalue weighted by molar-refractivity contribution is -0.124. The topological polar surface area (TPSA) is 165 Å². The van der Waals surface area contributed by atoms with Gasteiger partial charge in [-0.15, -0.1) is 23.5 Å². The van der Waals surface area contributed by atoms with Gasteiger partial charge in [-0.05, 0) is 108 Å². The lowest BCUT2D eigenvalue weighted by Crippen LogP contribution is -2.42. The average molecular weight is 952 g/mol. The highest BCUT2D eigenvalue weighted by Crippen LogP contribution is 2.71. The van der Waals surface area contributed by atoms with E-state index in [1.165, 1.54) is 32.9 Å². The Hall–Kier alpha value is -5.35. The van der Waals surface area contributed by atoms with Crippen LogP contribution in [-0.2, 0) is 24.0 Å². The molecule has 4 aromatic carbocycles. The summed E-state index contributed by atoms with van der Waals surface area (Å²) in [6.07, 6.45) is 2.22. The van der Waals surface area contributed by atoms with E-state index in [1.807, 2.05) is 84.9 Å². The van der Waals surface area contributed by atoms with Gasteiger partial charge in [0.05, 0.1) is 40.1 Å². The summed E-state index contributed by atoms with van der Waals surface area (Å²) >= 11 is 6.08. The molecule has 6 heterocycles. The van der Waals surface area contributed by atoms with Gasteiger partial charge in [0, 0.05) is 43.4 Å². The maximum absolute atomic E-state index is 13.6. The lowest BCUT2D eigenvalue weighted by atomic mass is 9.68. The van der Waals surface area contributed by atoms with E-state index >= 15 is 0 Å². The van der Waals surface area contributed by atoms with Gasteiger partial charge in [0.15, 0.2) is 5.12 Å². The SMILES string of the molecule is O=C1CC2=C(S1)[C@H](c1ccc(O)cc1)[C@H]1[C@H]3C[C@@H]([C@H]1S2)[C@H]1C(=O)N(c2ccccc2)C(=O)[C@@H]31.O=C1[C@@H]2[C@H]3C[C@H]([C@@H]4Sc5[nH]c(=O)sc5[C@@H](c5ccc(O)cc5)[C@H]34)[C@@H]2C(=O)N1c1ccccc1. The van der Waals surface area contributed by atoms with Gasteiger partial charge >= 0.3 is 4.87 Å². The minimum absolute atomic E-state index is 0.0274. The van der Waals surface area contributed by atoms with Gasteiger partial charge in [-0.25, -0.2) is 0 Å². The number of hydrogen-bond acceptors (Lipinski definition) is 12. The minimum atomic E-state index is -0.304.